The first-order valence-electron chi connectivity index (χ1n) is 7.07. The molecule has 4 heteroatoms. The van der Waals surface area contributed by atoms with Gasteiger partial charge in [-0.05, 0) is 30.4 Å². The summed E-state index contributed by atoms with van der Waals surface area (Å²) in [6.07, 6.45) is 9.95. The molecule has 0 atom stereocenters. The number of rotatable bonds is 6. The molecule has 0 saturated heterocycles. The van der Waals surface area contributed by atoms with E-state index in [1.165, 1.54) is 32.1 Å². The van der Waals surface area contributed by atoms with Crippen molar-refractivity contribution in [2.75, 3.05) is 13.1 Å². The molecule has 0 amide bonds. The maximum absolute atomic E-state index is 11.0. The van der Waals surface area contributed by atoms with Gasteiger partial charge >= 0.3 is 5.97 Å². The highest BCUT2D eigenvalue weighted by molar-refractivity contribution is 5.69. The van der Waals surface area contributed by atoms with Crippen LogP contribution in [0.4, 0.5) is 0 Å². The first-order chi connectivity index (χ1) is 9.24. The summed E-state index contributed by atoms with van der Waals surface area (Å²) in [6, 6.07) is 3.90. The molecule has 1 heterocycles. The van der Waals surface area contributed by atoms with Crippen LogP contribution in [0.25, 0.3) is 0 Å². The van der Waals surface area contributed by atoms with Crippen molar-refractivity contribution < 1.29 is 9.90 Å². The number of hydrogen-bond donors (Lipinski definition) is 1. The number of nitrogens with zero attached hydrogens (tertiary/aromatic N) is 2. The highest BCUT2D eigenvalue weighted by Crippen LogP contribution is 2.24. The molecular formula is C15H22N2O2. The first-order valence-corrected chi connectivity index (χ1v) is 7.07. The Morgan fingerprint density at radius 2 is 2.16 bits per heavy atom. The number of aliphatic carboxylic acids is 1. The number of carboxylic acid groups (broad SMARTS) is 1. The van der Waals surface area contributed by atoms with Crippen LogP contribution < -0.4 is 0 Å². The second-order valence-corrected chi connectivity index (χ2v) is 5.43. The highest BCUT2D eigenvalue weighted by Gasteiger charge is 2.19. The average molecular weight is 262 g/mol. The molecule has 0 bridgehead atoms. The summed E-state index contributed by atoms with van der Waals surface area (Å²) >= 11 is 0. The van der Waals surface area contributed by atoms with Crippen LogP contribution in [0.15, 0.2) is 24.5 Å². The van der Waals surface area contributed by atoms with Gasteiger partial charge < -0.3 is 5.11 Å². The van der Waals surface area contributed by atoms with E-state index in [0.29, 0.717) is 12.5 Å². The molecule has 1 aromatic heterocycles. The quantitative estimate of drug-likeness (QED) is 0.856. The lowest BCUT2D eigenvalue weighted by Crippen LogP contribution is -2.34. The molecule has 2 rings (SSSR count). The molecule has 19 heavy (non-hydrogen) atoms. The minimum atomic E-state index is -0.750. The van der Waals surface area contributed by atoms with E-state index in [9.17, 15) is 4.79 Å². The third-order valence-electron chi connectivity index (χ3n) is 3.73. The van der Waals surface area contributed by atoms with Crippen LogP contribution in [0.2, 0.25) is 0 Å². The van der Waals surface area contributed by atoms with E-state index < -0.39 is 5.97 Å². The molecule has 104 valence electrons. The third-order valence-corrected chi connectivity index (χ3v) is 3.73. The van der Waals surface area contributed by atoms with Gasteiger partial charge in [0.05, 0.1) is 6.54 Å². The van der Waals surface area contributed by atoms with E-state index in [0.717, 1.165) is 12.1 Å². The molecule has 1 saturated carbocycles. The zero-order valence-electron chi connectivity index (χ0n) is 11.3. The van der Waals surface area contributed by atoms with Gasteiger partial charge in [-0.25, -0.2) is 0 Å². The number of pyridine rings is 1. The SMILES string of the molecule is O=C(O)CN(Cc1cccnc1)CC1CCCCC1. The topological polar surface area (TPSA) is 53.4 Å². The zero-order valence-corrected chi connectivity index (χ0v) is 11.3. The van der Waals surface area contributed by atoms with E-state index in [1.807, 2.05) is 23.2 Å². The molecule has 0 radical (unpaired) electrons. The van der Waals surface area contributed by atoms with Gasteiger partial charge in [0.1, 0.15) is 0 Å². The Balaban J connectivity index is 1.92. The molecule has 1 fully saturated rings. The first kappa shape index (κ1) is 14.0. The molecule has 1 aliphatic carbocycles. The molecule has 0 aromatic carbocycles. The normalized spacial score (nSPS) is 16.7. The van der Waals surface area contributed by atoms with Gasteiger partial charge in [-0.15, -0.1) is 0 Å². The van der Waals surface area contributed by atoms with E-state index >= 15 is 0 Å². The number of carboxylic acids is 1. The Morgan fingerprint density at radius 3 is 2.79 bits per heavy atom. The molecule has 4 nitrogen and oxygen atoms in total. The number of carbonyl (C=O) groups is 1. The van der Waals surface area contributed by atoms with Crippen LogP contribution in [0, 0.1) is 5.92 Å². The van der Waals surface area contributed by atoms with Gasteiger partial charge in [-0.3, -0.25) is 14.7 Å². The predicted octanol–water partition coefficient (Wildman–Crippen LogP) is 2.55. The summed E-state index contributed by atoms with van der Waals surface area (Å²) in [4.78, 5) is 17.1. The minimum Gasteiger partial charge on any atom is -0.480 e. The Morgan fingerprint density at radius 1 is 1.37 bits per heavy atom. The number of hydrogen-bond acceptors (Lipinski definition) is 3. The van der Waals surface area contributed by atoms with Gasteiger partial charge in [-0.1, -0.05) is 25.3 Å². The average Bonchev–Trinajstić information content (AvgIpc) is 2.40. The fraction of sp³-hybridized carbons (Fsp3) is 0.600. The lowest BCUT2D eigenvalue weighted by molar-refractivity contribution is -0.138. The Hall–Kier alpha value is -1.42. The van der Waals surface area contributed by atoms with E-state index in [4.69, 9.17) is 5.11 Å². The molecule has 1 aromatic rings. The maximum atomic E-state index is 11.0. The van der Waals surface area contributed by atoms with Crippen LogP contribution in [-0.2, 0) is 11.3 Å². The van der Waals surface area contributed by atoms with E-state index in [-0.39, 0.29) is 6.54 Å². The minimum absolute atomic E-state index is 0.116. The van der Waals surface area contributed by atoms with Gasteiger partial charge in [0.25, 0.3) is 0 Å². The molecule has 0 spiro atoms. The standard InChI is InChI=1S/C15H22N2O2/c18-15(19)12-17(10-13-5-2-1-3-6-13)11-14-7-4-8-16-9-14/h4,7-9,13H,1-3,5-6,10-12H2,(H,18,19). The molecule has 1 aliphatic rings. The van der Waals surface area contributed by atoms with Crippen molar-refractivity contribution >= 4 is 5.97 Å². The zero-order chi connectivity index (χ0) is 13.5. The van der Waals surface area contributed by atoms with Crippen LogP contribution in [0.5, 0.6) is 0 Å². The predicted molar refractivity (Wildman–Crippen MR) is 73.7 cm³/mol. The lowest BCUT2D eigenvalue weighted by atomic mass is 9.89. The summed E-state index contributed by atoms with van der Waals surface area (Å²) in [6.45, 7) is 1.68. The van der Waals surface area contributed by atoms with Gasteiger partial charge in [0, 0.05) is 25.5 Å². The van der Waals surface area contributed by atoms with E-state index in [2.05, 4.69) is 4.98 Å². The van der Waals surface area contributed by atoms with Crippen molar-refractivity contribution in [1.82, 2.24) is 9.88 Å². The van der Waals surface area contributed by atoms with Crippen LogP contribution in [-0.4, -0.2) is 34.0 Å². The maximum Gasteiger partial charge on any atom is 0.317 e. The Kier molecular flexibility index (Phi) is 5.33. The fourth-order valence-electron chi connectivity index (χ4n) is 2.86. The van der Waals surface area contributed by atoms with Gasteiger partial charge in [0.2, 0.25) is 0 Å². The summed E-state index contributed by atoms with van der Waals surface area (Å²) in [5, 5.41) is 9.03. The largest absolute Gasteiger partial charge is 0.480 e. The van der Waals surface area contributed by atoms with Gasteiger partial charge in [-0.2, -0.15) is 0 Å². The Bertz CT molecular complexity index is 388. The molecule has 0 aliphatic heterocycles. The van der Waals surface area contributed by atoms with E-state index in [1.54, 1.807) is 6.20 Å². The number of aromatic nitrogens is 1. The van der Waals surface area contributed by atoms with Crippen molar-refractivity contribution in [3.05, 3.63) is 30.1 Å². The summed E-state index contributed by atoms with van der Waals surface area (Å²) in [5.41, 5.74) is 1.08. The second-order valence-electron chi connectivity index (χ2n) is 5.43. The monoisotopic (exact) mass is 262 g/mol. The Labute approximate surface area is 114 Å². The summed E-state index contributed by atoms with van der Waals surface area (Å²) in [5.74, 6) is -0.0931. The van der Waals surface area contributed by atoms with Crippen LogP contribution in [0.3, 0.4) is 0 Å². The smallest absolute Gasteiger partial charge is 0.317 e. The molecular weight excluding hydrogens is 240 g/mol. The second kappa shape index (κ2) is 7.24. The highest BCUT2D eigenvalue weighted by atomic mass is 16.4. The lowest BCUT2D eigenvalue weighted by Gasteiger charge is -2.28. The molecule has 1 N–H and O–H groups in total. The van der Waals surface area contributed by atoms with Crippen molar-refractivity contribution in [2.45, 2.75) is 38.6 Å². The van der Waals surface area contributed by atoms with Crippen LogP contribution in [0.1, 0.15) is 37.7 Å². The van der Waals surface area contributed by atoms with Crippen molar-refractivity contribution in [3.8, 4) is 0 Å². The van der Waals surface area contributed by atoms with Crippen LogP contribution >= 0.6 is 0 Å². The third kappa shape index (κ3) is 4.99. The van der Waals surface area contributed by atoms with Crippen molar-refractivity contribution in [2.24, 2.45) is 5.92 Å². The summed E-state index contributed by atoms with van der Waals surface area (Å²) < 4.78 is 0. The summed E-state index contributed by atoms with van der Waals surface area (Å²) in [7, 11) is 0. The van der Waals surface area contributed by atoms with Crippen molar-refractivity contribution in [3.63, 3.8) is 0 Å². The van der Waals surface area contributed by atoms with Crippen molar-refractivity contribution in [1.29, 1.82) is 0 Å². The molecule has 0 unspecified atom stereocenters. The van der Waals surface area contributed by atoms with Gasteiger partial charge in [0.15, 0.2) is 0 Å². The fourth-order valence-corrected chi connectivity index (χ4v) is 2.86.